The van der Waals surface area contributed by atoms with E-state index in [0.717, 1.165) is 91.9 Å². The smallest absolute Gasteiger partial charge is 0.364 e. The average Bonchev–Trinajstić information content (AvgIpc) is 0.745. The van der Waals surface area contributed by atoms with Crippen molar-refractivity contribution >= 4 is 47.3 Å². The highest BCUT2D eigenvalue weighted by atomic mass is 16.8. The van der Waals surface area contributed by atoms with Gasteiger partial charge < -0.3 is 195 Å². The van der Waals surface area contributed by atoms with Crippen LogP contribution in [0.25, 0.3) is 0 Å². The molecule has 6 saturated heterocycles. The number of hydrogen-bond acceptors (Lipinski definition) is 39. The van der Waals surface area contributed by atoms with Crippen molar-refractivity contribution in [3.05, 3.63) is 12.2 Å². The number of carbonyl (C=O) groups excluding carboxylic acids is 5. The third-order valence-corrected chi connectivity index (χ3v) is 27.0. The number of Topliss-reactive ketones (excluding diaryl/α,β-unsaturated/α-hetero) is 1. The number of aliphatic hydroxyl groups excluding tert-OH is 19. The van der Waals surface area contributed by atoms with Crippen LogP contribution in [-0.2, 0) is 95.2 Å². The maximum absolute atomic E-state index is 14.5. The fourth-order valence-electron chi connectivity index (χ4n) is 19.1. The van der Waals surface area contributed by atoms with Crippen molar-refractivity contribution in [2.75, 3.05) is 46.2 Å². The predicted molar refractivity (Wildman–Crippen MR) is 493 cm³/mol. The van der Waals surface area contributed by atoms with Crippen LogP contribution >= 0.6 is 0 Å². The van der Waals surface area contributed by atoms with Gasteiger partial charge in [0.2, 0.25) is 23.6 Å². The molecule has 3 unspecified atom stereocenters. The fourth-order valence-corrected chi connectivity index (χ4v) is 19.1. The number of carboxylic acid groups (broad SMARTS) is 3. The number of aliphatic hydroxyl groups is 19. The summed E-state index contributed by atoms with van der Waals surface area (Å²) in [4.78, 5) is 107. The molecule has 0 spiro atoms. The Morgan fingerprint density at radius 3 is 1.16 bits per heavy atom. The van der Waals surface area contributed by atoms with Gasteiger partial charge in [-0.3, -0.25) is 19.2 Å². The van der Waals surface area contributed by atoms with Crippen LogP contribution in [0.5, 0.6) is 0 Å². The van der Waals surface area contributed by atoms with Gasteiger partial charge in [-0.2, -0.15) is 0 Å². The Balaban J connectivity index is 1.28. The van der Waals surface area contributed by atoms with E-state index in [0.29, 0.717) is 12.8 Å². The molecule has 46 heteroatoms. The van der Waals surface area contributed by atoms with Gasteiger partial charge in [0.25, 0.3) is 17.4 Å². The van der Waals surface area contributed by atoms with Gasteiger partial charge >= 0.3 is 17.9 Å². The molecule has 0 saturated carbocycles. The van der Waals surface area contributed by atoms with Crippen LogP contribution in [0.3, 0.4) is 0 Å². The summed E-state index contributed by atoms with van der Waals surface area (Å²) in [6, 6.07) is -7.29. The number of nitrogens with one attached hydrogen (secondary N) is 4. The average molecular weight is 2040 g/mol. The summed E-state index contributed by atoms with van der Waals surface area (Å²) in [7, 11) is 0. The number of amides is 4. The molecule has 6 rings (SSSR count). The van der Waals surface area contributed by atoms with E-state index in [2.05, 4.69) is 35.1 Å². The standard InChI is InChI=1S/C95H166N4O42/c1-7-9-11-13-15-17-19-21-22-23-24-25-26-27-29-31-33-35-37-39-41-69(115)99-58(59(110)40-38-36-34-32-30-28-20-18-16-14-12-10-8-2)52-130-88-79(122)78(121)81(67(50-104)132-88)134-89-80(123)86(82(68(51-105)133-89)135-87-57(42-53(3)106)73(116)75(118)64(47-101)131-87)141-95(92(128)129)45-62(113)72(98-56(6)109)85(140-95)77(120)66(49-103)137-94(91(126)127)44-61(112)71(97-55(5)108)84(139-94)76(119)65(48-102)136-93(90(124)125)43-60(111)70(96-54(4)107)83(138-93)74(117)63(114)46-100/h38,40,57-68,70-89,100-105,110-114,116-123H,7-37,39,41-52H2,1-6H3,(H,96,107)(H,97,108)(H,98,109)(H,99,115)(H,124,125)(H,126,127)(H,128,129)/b40-38-/t57-,58+,59-,60+,61+,62+,63-,64-,65-,66-,67-,68-,70-,71-,72-,73-,74-,75+,76-,77-,78-,79-,80-,81-,82+,83?,84?,85?,86-,87+,88-,89+,93-,94-,95+/m1/s1. The molecule has 0 aromatic carbocycles. The molecule has 4 amide bonds. The first-order valence-electron chi connectivity index (χ1n) is 50.6. The minimum absolute atomic E-state index is 0.0836. The fraction of sp³-hybridized carbons (Fsp3) is 0.895. The Bertz CT molecular complexity index is 3660. The number of ketones is 1. The van der Waals surface area contributed by atoms with Gasteiger partial charge in [0, 0.05) is 58.8 Å². The molecule has 141 heavy (non-hydrogen) atoms. The van der Waals surface area contributed by atoms with E-state index in [1.807, 2.05) is 0 Å². The second-order valence-electron chi connectivity index (χ2n) is 38.5. The zero-order valence-corrected chi connectivity index (χ0v) is 82.2. The van der Waals surface area contributed by atoms with Crippen molar-refractivity contribution < 1.29 is 208 Å². The normalized spacial score (nSPS) is 33.2. The zero-order chi connectivity index (χ0) is 104. The number of aliphatic carboxylic acids is 3. The first-order valence-corrected chi connectivity index (χ1v) is 50.6. The number of ether oxygens (including phenoxy) is 12. The molecule has 6 aliphatic heterocycles. The number of unbranched alkanes of at least 4 members (excludes halogenated alkanes) is 30. The summed E-state index contributed by atoms with van der Waals surface area (Å²) >= 11 is 0. The van der Waals surface area contributed by atoms with Gasteiger partial charge in [0.15, 0.2) is 18.9 Å². The monoisotopic (exact) mass is 2040 g/mol. The predicted octanol–water partition coefficient (Wildman–Crippen LogP) is -1.48. The SMILES string of the molecule is CCCCCCCCCCCCC/C=C\[C@@H](O)[C@H](CO[C@@H]1O[C@H](CO)[C@@H](O[C@@H]2O[C@H](CO)[C@H](O[C@@H]3O[C@H](CO)[C@H](O)[C@H](O)[C@H]3CC(C)=O)[C@H](O[C@]3(C(=O)O)C[C@H](O)[C@@H](NC(C)=O)C([C@H](O)[C@@H](CO)O[C@]4(C(=O)O)C[C@H](O)[C@@H](NC(C)=O)C([C@H](O)[C@@H](CO)O[C@]5(C(=O)O)C[C@H](O)[C@@H](NC(C)=O)C([C@H](O)[C@H](O)CO)O5)O4)O3)[C@H]2O)[C@H](O)[C@H]1O)NC(=O)CCCCCCCCCCCCCCCCCCCCCC. The molecule has 0 radical (unpaired) electrons. The minimum Gasteiger partial charge on any atom is -0.477 e. The maximum atomic E-state index is 14.5. The molecule has 26 N–H and O–H groups in total. The highest BCUT2D eigenvalue weighted by Crippen LogP contribution is 2.45. The molecule has 0 aliphatic carbocycles. The van der Waals surface area contributed by atoms with E-state index in [1.54, 1.807) is 6.08 Å². The van der Waals surface area contributed by atoms with Crippen LogP contribution in [0.4, 0.5) is 0 Å². The highest BCUT2D eigenvalue weighted by molar-refractivity contribution is 5.79. The van der Waals surface area contributed by atoms with Gasteiger partial charge in [-0.15, -0.1) is 0 Å². The van der Waals surface area contributed by atoms with Crippen molar-refractivity contribution in [1.82, 2.24) is 21.3 Å². The Morgan fingerprint density at radius 2 is 0.773 bits per heavy atom. The van der Waals surface area contributed by atoms with Crippen molar-refractivity contribution in [3.8, 4) is 0 Å². The molecule has 0 bridgehead atoms. The van der Waals surface area contributed by atoms with Crippen molar-refractivity contribution in [2.24, 2.45) is 5.92 Å². The topological polar surface area (TPSA) is 741 Å². The number of hydrogen-bond donors (Lipinski definition) is 26. The summed E-state index contributed by atoms with van der Waals surface area (Å²) in [6.45, 7) is -0.563. The number of rotatable bonds is 69. The molecule has 46 nitrogen and oxygen atoms in total. The summed E-state index contributed by atoms with van der Waals surface area (Å²) in [5, 5.41) is 261. The molecule has 0 aromatic rings. The van der Waals surface area contributed by atoms with Crippen LogP contribution < -0.4 is 21.3 Å². The van der Waals surface area contributed by atoms with Crippen LogP contribution in [0.15, 0.2) is 12.2 Å². The Kier molecular flexibility index (Phi) is 55.8. The molecular weight excluding hydrogens is 1870 g/mol. The molecule has 6 aliphatic rings. The van der Waals surface area contributed by atoms with Gasteiger partial charge in [0.05, 0.1) is 101 Å². The molecule has 6 fully saturated rings. The van der Waals surface area contributed by atoms with Crippen LogP contribution in [-0.4, -0.2) is 413 Å². The highest BCUT2D eigenvalue weighted by Gasteiger charge is 2.65. The van der Waals surface area contributed by atoms with Gasteiger partial charge in [-0.25, -0.2) is 14.4 Å². The van der Waals surface area contributed by atoms with Crippen LogP contribution in [0, 0.1) is 5.92 Å². The van der Waals surface area contributed by atoms with E-state index in [-0.39, 0.29) is 6.42 Å². The summed E-state index contributed by atoms with van der Waals surface area (Å²) in [6.07, 6.45) is -27.2. The van der Waals surface area contributed by atoms with E-state index in [9.17, 15) is 151 Å². The van der Waals surface area contributed by atoms with Gasteiger partial charge in [-0.05, 0) is 26.2 Å². The molecule has 818 valence electrons. The third-order valence-electron chi connectivity index (χ3n) is 27.0. The molecule has 6 heterocycles. The van der Waals surface area contributed by atoms with Gasteiger partial charge in [-0.1, -0.05) is 212 Å². The Labute approximate surface area is 823 Å². The summed E-state index contributed by atoms with van der Waals surface area (Å²) in [5.41, 5.74) is 0. The quantitative estimate of drug-likeness (QED) is 0.0244. The van der Waals surface area contributed by atoms with E-state index in [4.69, 9.17) is 56.8 Å². The minimum atomic E-state index is -3.71. The van der Waals surface area contributed by atoms with E-state index >= 15 is 0 Å². The number of carboxylic acids is 3. The zero-order valence-electron chi connectivity index (χ0n) is 82.2. The van der Waals surface area contributed by atoms with E-state index < -0.39 is 332 Å². The largest absolute Gasteiger partial charge is 0.477 e. The summed E-state index contributed by atoms with van der Waals surface area (Å²) in [5.74, 6) is -23.6. The molecular formula is C95H166N4O42. The van der Waals surface area contributed by atoms with Gasteiger partial charge in [0.1, 0.15) is 122 Å². The Morgan fingerprint density at radius 1 is 0.404 bits per heavy atom. The van der Waals surface area contributed by atoms with Crippen molar-refractivity contribution in [1.29, 1.82) is 0 Å². The number of carbonyl (C=O) groups is 8. The second-order valence-corrected chi connectivity index (χ2v) is 38.5. The van der Waals surface area contributed by atoms with Crippen molar-refractivity contribution in [3.63, 3.8) is 0 Å². The van der Waals surface area contributed by atoms with Crippen LogP contribution in [0.1, 0.15) is 279 Å². The first kappa shape index (κ1) is 124. The second kappa shape index (κ2) is 63.3. The van der Waals surface area contributed by atoms with Crippen molar-refractivity contribution in [2.45, 2.75) is 486 Å². The van der Waals surface area contributed by atoms with Crippen LogP contribution in [0.2, 0.25) is 0 Å². The maximum Gasteiger partial charge on any atom is 0.364 e. The first-order chi connectivity index (χ1) is 67.1. The molecule has 35 atom stereocenters. The lowest BCUT2D eigenvalue weighted by atomic mass is 9.86. The Hall–Kier alpha value is -5.54. The molecule has 0 aromatic heterocycles. The van der Waals surface area contributed by atoms with E-state index in [1.165, 1.54) is 134 Å². The summed E-state index contributed by atoms with van der Waals surface area (Å²) < 4.78 is 72.1. The lowest BCUT2D eigenvalue weighted by Crippen LogP contribution is -2.72. The third kappa shape index (κ3) is 37.3. The lowest BCUT2D eigenvalue weighted by molar-refractivity contribution is -0.404. The lowest BCUT2D eigenvalue weighted by Gasteiger charge is -2.53. The number of allylic oxidation sites excluding steroid dienone is 1.